The number of carbonyl (C=O) groups excluding carboxylic acids is 1. The van der Waals surface area contributed by atoms with Crippen molar-refractivity contribution in [1.29, 1.82) is 0 Å². The second-order valence-corrected chi connectivity index (χ2v) is 9.97. The quantitative estimate of drug-likeness (QED) is 0.223. The molecule has 2 aliphatic heterocycles. The highest BCUT2D eigenvalue weighted by Gasteiger charge is 2.81. The normalized spacial score (nSPS) is 32.6. The fourth-order valence-corrected chi connectivity index (χ4v) is 5.80. The maximum absolute atomic E-state index is 12.9. The van der Waals surface area contributed by atoms with E-state index in [-0.39, 0.29) is 43.9 Å². The van der Waals surface area contributed by atoms with Crippen LogP contribution >= 0.6 is 0 Å². The number of hydrogen-bond donors (Lipinski definition) is 2. The van der Waals surface area contributed by atoms with Crippen molar-refractivity contribution in [3.05, 3.63) is 34.2 Å². The fourth-order valence-electron chi connectivity index (χ4n) is 5.80. The third-order valence-electron chi connectivity index (χ3n) is 7.58. The monoisotopic (exact) mass is 502 g/mol. The van der Waals surface area contributed by atoms with E-state index in [0.29, 0.717) is 59.6 Å². The molecule has 0 aromatic heterocycles. The number of phenols is 1. The predicted octanol–water partition coefficient (Wildman–Crippen LogP) is 1.29. The molecule has 0 saturated carbocycles. The molecule has 196 valence electrons. The van der Waals surface area contributed by atoms with Crippen molar-refractivity contribution in [3.8, 4) is 11.5 Å². The average Bonchev–Trinajstić information content (AvgIpc) is 3.62. The van der Waals surface area contributed by atoms with Gasteiger partial charge < -0.3 is 38.6 Å². The first-order valence-electron chi connectivity index (χ1n) is 12.4. The van der Waals surface area contributed by atoms with E-state index in [4.69, 9.17) is 28.4 Å². The number of aliphatic hydroxyl groups is 1. The molecule has 36 heavy (non-hydrogen) atoms. The summed E-state index contributed by atoms with van der Waals surface area (Å²) >= 11 is 0. The summed E-state index contributed by atoms with van der Waals surface area (Å²) < 4.78 is 35.6. The van der Waals surface area contributed by atoms with Gasteiger partial charge in [-0.15, -0.1) is 6.58 Å². The summed E-state index contributed by atoms with van der Waals surface area (Å²) in [5, 5.41) is 23.8. The van der Waals surface area contributed by atoms with E-state index in [9.17, 15) is 15.0 Å². The van der Waals surface area contributed by atoms with E-state index >= 15 is 0 Å². The van der Waals surface area contributed by atoms with Crippen LogP contribution in [0.5, 0.6) is 11.5 Å². The number of fused-ring (bicyclic) bond motifs is 2. The van der Waals surface area contributed by atoms with E-state index in [0.717, 1.165) is 5.56 Å². The highest BCUT2D eigenvalue weighted by molar-refractivity contribution is 6.02. The molecule has 9 heteroatoms. The molecule has 4 atom stereocenters. The van der Waals surface area contributed by atoms with Crippen LogP contribution in [0.4, 0.5) is 0 Å². The molecular weight excluding hydrogens is 468 g/mol. The number of carbonyl (C=O) groups is 1. The second-order valence-electron chi connectivity index (χ2n) is 9.97. The number of hydrogen-bond acceptors (Lipinski definition) is 9. The topological polar surface area (TPSA) is 116 Å². The van der Waals surface area contributed by atoms with Gasteiger partial charge in [-0.1, -0.05) is 19.1 Å². The van der Waals surface area contributed by atoms with Crippen LogP contribution in [0.25, 0.3) is 11.8 Å². The van der Waals surface area contributed by atoms with Gasteiger partial charge in [-0.25, -0.2) is 0 Å². The molecule has 2 fully saturated rings. The lowest BCUT2D eigenvalue weighted by atomic mass is 9.85. The zero-order chi connectivity index (χ0) is 25.7. The number of benzene rings is 1. The molecule has 4 aliphatic rings. The Balaban J connectivity index is 1.71. The van der Waals surface area contributed by atoms with Gasteiger partial charge in [0, 0.05) is 30.7 Å². The fraction of sp³-hybridized carbons (Fsp3) is 0.593. The minimum atomic E-state index is -1.78. The van der Waals surface area contributed by atoms with Crippen LogP contribution in [-0.2, 0) is 30.1 Å². The smallest absolute Gasteiger partial charge is 0.270 e. The number of methoxy groups -OCH3 is 2. The zero-order valence-corrected chi connectivity index (χ0v) is 21.1. The van der Waals surface area contributed by atoms with Gasteiger partial charge in [-0.2, -0.15) is 0 Å². The molecule has 1 spiro atoms. The zero-order valence-electron chi connectivity index (χ0n) is 21.1. The van der Waals surface area contributed by atoms with Crippen LogP contribution in [-0.4, -0.2) is 73.8 Å². The molecular formula is C27H34O9. The van der Waals surface area contributed by atoms with Crippen LogP contribution in [0.1, 0.15) is 48.5 Å². The van der Waals surface area contributed by atoms with Crippen molar-refractivity contribution >= 4 is 17.6 Å². The SMILES string of the molecule is C=CCCOC1(OC2=c3c(O)c4c(c(OC)c3=CC(C)C2)CCCC4=O)COC(O)(COC)C12CO2. The minimum absolute atomic E-state index is 0.0413. The summed E-state index contributed by atoms with van der Waals surface area (Å²) in [6.45, 7) is 5.92. The first kappa shape index (κ1) is 25.2. The van der Waals surface area contributed by atoms with Crippen molar-refractivity contribution in [2.24, 2.45) is 5.92 Å². The summed E-state index contributed by atoms with van der Waals surface area (Å²) in [6, 6.07) is 0. The number of phenolic OH excluding ortho intramolecular Hbond substituents is 1. The van der Waals surface area contributed by atoms with Crippen molar-refractivity contribution in [3.63, 3.8) is 0 Å². The van der Waals surface area contributed by atoms with E-state index < -0.39 is 17.2 Å². The van der Waals surface area contributed by atoms with Crippen molar-refractivity contribution in [2.45, 2.75) is 56.2 Å². The lowest BCUT2D eigenvalue weighted by Crippen LogP contribution is -2.59. The first-order valence-corrected chi connectivity index (χ1v) is 12.4. The molecule has 2 heterocycles. The standard InChI is InChI=1S/C27H34O9/c1-5-6-10-33-27(15-35-26(30,14-31-3)25(27)13-34-25)36-20-12-16(2)11-18-22(20)23(29)21-17(24(18)32-4)8-7-9-19(21)28/h5,11,16,29-30H,1,6-10,12-15H2,2-4H3. The Morgan fingerprint density at radius 2 is 2.03 bits per heavy atom. The van der Waals surface area contributed by atoms with Gasteiger partial charge in [0.2, 0.25) is 11.4 Å². The van der Waals surface area contributed by atoms with Crippen molar-refractivity contribution in [2.75, 3.05) is 40.6 Å². The average molecular weight is 503 g/mol. The number of epoxide rings is 1. The van der Waals surface area contributed by atoms with Crippen LogP contribution in [0, 0.1) is 5.92 Å². The van der Waals surface area contributed by atoms with Gasteiger partial charge in [0.15, 0.2) is 5.78 Å². The lowest BCUT2D eigenvalue weighted by molar-refractivity contribution is -0.254. The van der Waals surface area contributed by atoms with E-state index in [2.05, 4.69) is 6.58 Å². The Labute approximate surface area is 209 Å². The maximum Gasteiger partial charge on any atom is 0.270 e. The van der Waals surface area contributed by atoms with E-state index in [1.807, 2.05) is 13.0 Å². The Bertz CT molecular complexity index is 1200. The van der Waals surface area contributed by atoms with Gasteiger partial charge >= 0.3 is 0 Å². The Kier molecular flexibility index (Phi) is 6.41. The van der Waals surface area contributed by atoms with Crippen molar-refractivity contribution < 1.29 is 43.4 Å². The molecule has 5 rings (SSSR count). The molecule has 0 radical (unpaired) electrons. The van der Waals surface area contributed by atoms with E-state index in [1.165, 1.54) is 7.11 Å². The van der Waals surface area contributed by atoms with Gasteiger partial charge in [0.05, 0.1) is 31.1 Å². The highest BCUT2D eigenvalue weighted by atomic mass is 16.8. The number of ether oxygens (including phenoxy) is 6. The number of aromatic hydroxyl groups is 1. The van der Waals surface area contributed by atoms with Gasteiger partial charge in [-0.05, 0) is 25.2 Å². The van der Waals surface area contributed by atoms with Crippen LogP contribution < -0.4 is 15.2 Å². The van der Waals surface area contributed by atoms with E-state index in [1.54, 1.807) is 13.2 Å². The number of rotatable bonds is 9. The third-order valence-corrected chi connectivity index (χ3v) is 7.58. The van der Waals surface area contributed by atoms with Gasteiger partial charge in [0.25, 0.3) is 5.79 Å². The lowest BCUT2D eigenvalue weighted by Gasteiger charge is -2.37. The Morgan fingerprint density at radius 3 is 2.69 bits per heavy atom. The molecule has 2 aliphatic carbocycles. The molecule has 0 amide bonds. The summed E-state index contributed by atoms with van der Waals surface area (Å²) in [5.74, 6) is -2.47. The number of ketones is 1. The molecule has 9 nitrogen and oxygen atoms in total. The predicted molar refractivity (Wildman–Crippen MR) is 129 cm³/mol. The molecule has 2 N–H and O–H groups in total. The Hall–Kier alpha value is -2.43. The molecule has 4 unspecified atom stereocenters. The summed E-state index contributed by atoms with van der Waals surface area (Å²) in [6.07, 6.45) is 6.44. The molecule has 0 bridgehead atoms. The highest BCUT2D eigenvalue weighted by Crippen LogP contribution is 2.56. The van der Waals surface area contributed by atoms with Crippen LogP contribution in [0.3, 0.4) is 0 Å². The Morgan fingerprint density at radius 1 is 1.25 bits per heavy atom. The summed E-state index contributed by atoms with van der Waals surface area (Å²) in [7, 11) is 3.03. The van der Waals surface area contributed by atoms with Crippen LogP contribution in [0.15, 0.2) is 12.7 Å². The van der Waals surface area contributed by atoms with Crippen LogP contribution in [0.2, 0.25) is 0 Å². The maximum atomic E-state index is 12.9. The molecule has 2 saturated heterocycles. The summed E-state index contributed by atoms with van der Waals surface area (Å²) in [4.78, 5) is 12.9. The minimum Gasteiger partial charge on any atom is -0.506 e. The first-order chi connectivity index (χ1) is 17.3. The second kappa shape index (κ2) is 9.15. The molecule has 1 aromatic carbocycles. The van der Waals surface area contributed by atoms with Crippen molar-refractivity contribution in [1.82, 2.24) is 0 Å². The largest absolute Gasteiger partial charge is 0.506 e. The molecule has 1 aromatic rings. The number of Topliss-reactive ketones (excluding diaryl/α,β-unsaturated/α-hetero) is 1. The summed E-state index contributed by atoms with van der Waals surface area (Å²) in [5.41, 5.74) is -0.302. The third kappa shape index (κ3) is 3.60. The van der Waals surface area contributed by atoms with Gasteiger partial charge in [-0.3, -0.25) is 4.79 Å². The van der Waals surface area contributed by atoms with Gasteiger partial charge in [0.1, 0.15) is 30.5 Å².